The molecule has 0 radical (unpaired) electrons. The molecule has 0 aliphatic rings. The lowest BCUT2D eigenvalue weighted by Gasteiger charge is -2.13. The van der Waals surface area contributed by atoms with Crippen molar-refractivity contribution in [3.8, 4) is 17.2 Å². The van der Waals surface area contributed by atoms with E-state index >= 15 is 0 Å². The van der Waals surface area contributed by atoms with Crippen molar-refractivity contribution in [3.05, 3.63) is 89.1 Å². The van der Waals surface area contributed by atoms with Crippen LogP contribution in [-0.4, -0.2) is 16.1 Å². The van der Waals surface area contributed by atoms with Gasteiger partial charge in [-0.25, -0.2) is 4.79 Å². The number of aromatic carboxylic acids is 1. The number of carboxylic acid groups (broad SMARTS) is 1. The molecule has 3 aromatic carbocycles. The van der Waals surface area contributed by atoms with Crippen LogP contribution in [0.4, 0.5) is 5.69 Å². The van der Waals surface area contributed by atoms with Crippen molar-refractivity contribution >= 4 is 34.2 Å². The molecule has 0 atom stereocenters. The Morgan fingerprint density at radius 2 is 1.83 bits per heavy atom. The van der Waals surface area contributed by atoms with Gasteiger partial charge in [0, 0.05) is 23.7 Å². The van der Waals surface area contributed by atoms with E-state index in [2.05, 4.69) is 4.98 Å². The van der Waals surface area contributed by atoms with Crippen molar-refractivity contribution in [2.75, 3.05) is 5.73 Å². The second kappa shape index (κ2) is 8.31. The molecule has 0 saturated carbocycles. The minimum atomic E-state index is -1.11. The van der Waals surface area contributed by atoms with Gasteiger partial charge in [0.15, 0.2) is 0 Å². The summed E-state index contributed by atoms with van der Waals surface area (Å²) in [5.41, 5.74) is 7.67. The number of rotatable bonds is 6. The molecule has 0 amide bonds. The number of halogens is 1. The summed E-state index contributed by atoms with van der Waals surface area (Å²) in [4.78, 5) is 16.2. The molecule has 0 saturated heterocycles. The molecule has 1 heterocycles. The third kappa shape index (κ3) is 4.14. The predicted octanol–water partition coefficient (Wildman–Crippen LogP) is 5.54. The molecule has 0 aliphatic carbocycles. The van der Waals surface area contributed by atoms with Gasteiger partial charge in [-0.3, -0.25) is 4.98 Å². The maximum absolute atomic E-state index is 11.9. The molecule has 0 spiro atoms. The lowest BCUT2D eigenvalue weighted by molar-refractivity contribution is 0.0692. The van der Waals surface area contributed by atoms with Crippen LogP contribution in [0.1, 0.15) is 15.9 Å². The van der Waals surface area contributed by atoms with Crippen LogP contribution < -0.4 is 15.2 Å². The third-order valence-corrected chi connectivity index (χ3v) is 4.80. The second-order valence-corrected chi connectivity index (χ2v) is 6.95. The van der Waals surface area contributed by atoms with Crippen LogP contribution in [0.25, 0.3) is 10.9 Å². The Balaban J connectivity index is 1.71. The Morgan fingerprint density at radius 1 is 1.03 bits per heavy atom. The van der Waals surface area contributed by atoms with E-state index in [1.165, 1.54) is 6.07 Å². The summed E-state index contributed by atoms with van der Waals surface area (Å²) in [5.74, 6) is 0.0465. The smallest absolute Gasteiger partial charge is 0.339 e. The van der Waals surface area contributed by atoms with Gasteiger partial charge < -0.3 is 20.3 Å². The fraction of sp³-hybridized carbons (Fsp3) is 0.0435. The molecule has 0 bridgehead atoms. The Labute approximate surface area is 177 Å². The van der Waals surface area contributed by atoms with Gasteiger partial charge in [0.05, 0.1) is 16.2 Å². The first kappa shape index (κ1) is 19.5. The van der Waals surface area contributed by atoms with E-state index in [4.69, 9.17) is 26.8 Å². The van der Waals surface area contributed by atoms with Gasteiger partial charge in [0.25, 0.3) is 0 Å². The van der Waals surface area contributed by atoms with E-state index in [9.17, 15) is 9.90 Å². The minimum Gasteiger partial charge on any atom is -0.488 e. The van der Waals surface area contributed by atoms with Gasteiger partial charge in [-0.15, -0.1) is 0 Å². The van der Waals surface area contributed by atoms with Crippen LogP contribution >= 0.6 is 11.6 Å². The van der Waals surface area contributed by atoms with Crippen molar-refractivity contribution in [3.63, 3.8) is 0 Å². The average molecular weight is 421 g/mol. The Hall–Kier alpha value is -3.77. The zero-order valence-corrected chi connectivity index (χ0v) is 16.5. The van der Waals surface area contributed by atoms with Crippen LogP contribution in [0.3, 0.4) is 0 Å². The molecule has 7 heteroatoms. The third-order valence-electron chi connectivity index (χ3n) is 4.47. The van der Waals surface area contributed by atoms with Crippen molar-refractivity contribution in [2.45, 2.75) is 6.61 Å². The standard InChI is InChI=1S/C23H17ClN2O4/c24-18-10-15(6-7-19(18)25)30-21-8-9-26-20-12-22(17(23(27)28)11-16(20)21)29-13-14-4-2-1-3-5-14/h1-12H,13,25H2,(H,27,28). The molecule has 0 fully saturated rings. The number of carbonyl (C=O) groups is 1. The molecule has 30 heavy (non-hydrogen) atoms. The zero-order chi connectivity index (χ0) is 21.1. The lowest BCUT2D eigenvalue weighted by atomic mass is 10.1. The summed E-state index contributed by atoms with van der Waals surface area (Å²) in [6.07, 6.45) is 1.58. The number of aromatic nitrogens is 1. The maximum Gasteiger partial charge on any atom is 0.339 e. The van der Waals surface area contributed by atoms with Crippen LogP contribution in [0.2, 0.25) is 5.02 Å². The van der Waals surface area contributed by atoms with Gasteiger partial charge in [-0.05, 0) is 29.8 Å². The number of nitrogens with two attached hydrogens (primary N) is 1. The molecule has 150 valence electrons. The van der Waals surface area contributed by atoms with Gasteiger partial charge in [-0.1, -0.05) is 41.9 Å². The molecule has 0 unspecified atom stereocenters. The number of nitrogen functional groups attached to an aromatic ring is 1. The topological polar surface area (TPSA) is 94.7 Å². The number of nitrogens with zero attached hydrogens (tertiary/aromatic N) is 1. The minimum absolute atomic E-state index is 0.0200. The van der Waals surface area contributed by atoms with Gasteiger partial charge >= 0.3 is 5.97 Å². The van der Waals surface area contributed by atoms with Gasteiger partial charge in [0.1, 0.15) is 29.4 Å². The highest BCUT2D eigenvalue weighted by Crippen LogP contribution is 2.35. The molecule has 6 nitrogen and oxygen atoms in total. The molecule has 3 N–H and O–H groups in total. The van der Waals surface area contributed by atoms with E-state index in [1.807, 2.05) is 30.3 Å². The van der Waals surface area contributed by atoms with E-state index in [0.717, 1.165) is 5.56 Å². The van der Waals surface area contributed by atoms with Crippen LogP contribution in [0.5, 0.6) is 17.2 Å². The van der Waals surface area contributed by atoms with Crippen LogP contribution in [0.15, 0.2) is 72.9 Å². The highest BCUT2D eigenvalue weighted by molar-refractivity contribution is 6.33. The summed E-state index contributed by atoms with van der Waals surface area (Å²) in [5, 5.41) is 10.6. The van der Waals surface area contributed by atoms with E-state index in [-0.39, 0.29) is 17.9 Å². The number of hydrogen-bond donors (Lipinski definition) is 2. The van der Waals surface area contributed by atoms with Crippen LogP contribution in [0, 0.1) is 0 Å². The Kier molecular flexibility index (Phi) is 5.41. The summed E-state index contributed by atoms with van der Waals surface area (Å²) in [6.45, 7) is 0.243. The van der Waals surface area contributed by atoms with E-state index in [1.54, 1.807) is 36.5 Å². The first-order valence-electron chi connectivity index (χ1n) is 9.07. The molecule has 4 aromatic rings. The number of carboxylic acids is 1. The fourth-order valence-electron chi connectivity index (χ4n) is 2.96. The largest absolute Gasteiger partial charge is 0.488 e. The predicted molar refractivity (Wildman–Crippen MR) is 115 cm³/mol. The van der Waals surface area contributed by atoms with E-state index in [0.29, 0.717) is 33.1 Å². The summed E-state index contributed by atoms with van der Waals surface area (Å²) < 4.78 is 11.7. The number of benzene rings is 3. The van der Waals surface area contributed by atoms with Gasteiger partial charge in [0.2, 0.25) is 0 Å². The van der Waals surface area contributed by atoms with Crippen molar-refractivity contribution in [1.29, 1.82) is 0 Å². The SMILES string of the molecule is Nc1ccc(Oc2ccnc3cc(OCc4ccccc4)c(C(=O)O)cc23)cc1Cl. The number of hydrogen-bond acceptors (Lipinski definition) is 5. The summed E-state index contributed by atoms with van der Waals surface area (Å²) in [7, 11) is 0. The quantitative estimate of drug-likeness (QED) is 0.398. The number of pyridine rings is 1. The number of anilines is 1. The fourth-order valence-corrected chi connectivity index (χ4v) is 3.13. The lowest BCUT2D eigenvalue weighted by Crippen LogP contribution is -2.04. The molecule has 4 rings (SSSR count). The van der Waals surface area contributed by atoms with Crippen molar-refractivity contribution in [1.82, 2.24) is 4.98 Å². The van der Waals surface area contributed by atoms with Crippen molar-refractivity contribution in [2.24, 2.45) is 0 Å². The monoisotopic (exact) mass is 420 g/mol. The Bertz CT molecular complexity index is 1230. The second-order valence-electron chi connectivity index (χ2n) is 6.54. The zero-order valence-electron chi connectivity index (χ0n) is 15.7. The van der Waals surface area contributed by atoms with E-state index < -0.39 is 5.97 Å². The Morgan fingerprint density at radius 3 is 2.57 bits per heavy atom. The molecule has 1 aromatic heterocycles. The summed E-state index contributed by atoms with van der Waals surface area (Å²) in [6, 6.07) is 19.2. The maximum atomic E-state index is 11.9. The normalized spacial score (nSPS) is 10.7. The van der Waals surface area contributed by atoms with Gasteiger partial charge in [-0.2, -0.15) is 0 Å². The first-order valence-corrected chi connectivity index (χ1v) is 9.45. The van der Waals surface area contributed by atoms with Crippen LogP contribution in [-0.2, 0) is 6.61 Å². The number of fused-ring (bicyclic) bond motifs is 1. The highest BCUT2D eigenvalue weighted by Gasteiger charge is 2.16. The first-order chi connectivity index (χ1) is 14.5. The molecular weight excluding hydrogens is 404 g/mol. The summed E-state index contributed by atoms with van der Waals surface area (Å²) >= 11 is 6.06. The molecule has 0 aliphatic heterocycles. The highest BCUT2D eigenvalue weighted by atomic mass is 35.5. The number of ether oxygens (including phenoxy) is 2. The van der Waals surface area contributed by atoms with Crippen molar-refractivity contribution < 1.29 is 19.4 Å². The average Bonchev–Trinajstić information content (AvgIpc) is 2.75. The molecular formula is C23H17ClN2O4.